The molecular weight excluding hydrogens is 292 g/mol. The van der Waals surface area contributed by atoms with Crippen molar-refractivity contribution < 1.29 is 4.74 Å². The molecule has 1 saturated heterocycles. The molecule has 1 heterocycles. The van der Waals surface area contributed by atoms with Crippen molar-refractivity contribution in [2.45, 2.75) is 31.9 Å². The van der Waals surface area contributed by atoms with E-state index < -0.39 is 0 Å². The molecule has 2 atom stereocenters. The number of anilines is 2. The van der Waals surface area contributed by atoms with Crippen molar-refractivity contribution >= 4 is 27.3 Å². The van der Waals surface area contributed by atoms with E-state index >= 15 is 0 Å². The third-order valence-corrected chi connectivity index (χ3v) is 3.78. The summed E-state index contributed by atoms with van der Waals surface area (Å²) in [6.45, 7) is 2.99. The number of benzene rings is 1. The minimum Gasteiger partial charge on any atom is -0.380 e. The van der Waals surface area contributed by atoms with Crippen LogP contribution >= 0.6 is 15.9 Å². The van der Waals surface area contributed by atoms with Gasteiger partial charge in [-0.05, 0) is 38.0 Å². The van der Waals surface area contributed by atoms with E-state index in [1.165, 1.54) is 11.4 Å². The zero-order valence-corrected chi connectivity index (χ0v) is 12.8. The maximum atomic E-state index is 5.59. The largest absolute Gasteiger partial charge is 0.380 e. The summed E-state index contributed by atoms with van der Waals surface area (Å²) in [5, 5.41) is 3.65. The van der Waals surface area contributed by atoms with Crippen LogP contribution in [0.15, 0.2) is 22.7 Å². The van der Waals surface area contributed by atoms with E-state index in [9.17, 15) is 0 Å². The topological polar surface area (TPSA) is 24.5 Å². The smallest absolute Gasteiger partial charge is 0.0597 e. The number of ether oxygens (including phenoxy) is 1. The molecule has 1 aromatic rings. The molecule has 1 fully saturated rings. The fourth-order valence-corrected chi connectivity index (χ4v) is 2.72. The van der Waals surface area contributed by atoms with E-state index in [2.05, 4.69) is 65.4 Å². The third-order valence-electron chi connectivity index (χ3n) is 3.29. The van der Waals surface area contributed by atoms with Gasteiger partial charge in [-0.1, -0.05) is 15.9 Å². The van der Waals surface area contributed by atoms with Gasteiger partial charge in [-0.3, -0.25) is 0 Å². The number of nitrogens with one attached hydrogen (secondary N) is 1. The van der Waals surface area contributed by atoms with Crippen molar-refractivity contribution in [1.82, 2.24) is 0 Å². The van der Waals surface area contributed by atoms with Gasteiger partial charge in [-0.15, -0.1) is 0 Å². The first-order valence-corrected chi connectivity index (χ1v) is 7.20. The molecule has 0 aliphatic carbocycles. The third kappa shape index (κ3) is 3.39. The number of hydrogen-bond acceptors (Lipinski definition) is 3. The molecule has 0 saturated carbocycles. The van der Waals surface area contributed by atoms with E-state index in [0.717, 1.165) is 23.9 Å². The molecule has 1 aromatic carbocycles. The van der Waals surface area contributed by atoms with E-state index in [4.69, 9.17) is 4.74 Å². The van der Waals surface area contributed by atoms with Crippen molar-refractivity contribution in [2.75, 3.05) is 30.9 Å². The molecule has 18 heavy (non-hydrogen) atoms. The van der Waals surface area contributed by atoms with Crippen molar-refractivity contribution in [3.63, 3.8) is 0 Å². The van der Waals surface area contributed by atoms with Crippen molar-refractivity contribution in [3.8, 4) is 0 Å². The highest BCUT2D eigenvalue weighted by Gasteiger charge is 2.20. The fourth-order valence-electron chi connectivity index (χ4n) is 2.36. The molecule has 1 aliphatic rings. The Morgan fingerprint density at radius 1 is 1.39 bits per heavy atom. The molecule has 2 rings (SSSR count). The number of hydrogen-bond donors (Lipinski definition) is 1. The van der Waals surface area contributed by atoms with Crippen LogP contribution in [0, 0.1) is 0 Å². The first kappa shape index (κ1) is 13.7. The van der Waals surface area contributed by atoms with Gasteiger partial charge >= 0.3 is 0 Å². The summed E-state index contributed by atoms with van der Waals surface area (Å²) in [5.41, 5.74) is 2.41. The molecule has 1 aliphatic heterocycles. The van der Waals surface area contributed by atoms with E-state index in [0.29, 0.717) is 12.1 Å². The van der Waals surface area contributed by atoms with Crippen LogP contribution in [0.5, 0.6) is 0 Å². The lowest BCUT2D eigenvalue weighted by atomic mass is 10.0. The van der Waals surface area contributed by atoms with Gasteiger partial charge in [0, 0.05) is 31.2 Å². The summed E-state index contributed by atoms with van der Waals surface area (Å²) >= 11 is 3.54. The molecule has 0 amide bonds. The minimum absolute atomic E-state index is 0.353. The van der Waals surface area contributed by atoms with Gasteiger partial charge in [-0.25, -0.2) is 0 Å². The Hall–Kier alpha value is -0.740. The molecule has 2 unspecified atom stereocenters. The van der Waals surface area contributed by atoms with Gasteiger partial charge in [0.05, 0.1) is 17.5 Å². The number of halogens is 1. The van der Waals surface area contributed by atoms with Crippen molar-refractivity contribution in [2.24, 2.45) is 0 Å². The zero-order valence-electron chi connectivity index (χ0n) is 11.2. The lowest BCUT2D eigenvalue weighted by Gasteiger charge is -2.30. The van der Waals surface area contributed by atoms with Crippen molar-refractivity contribution in [1.29, 1.82) is 0 Å². The quantitative estimate of drug-likeness (QED) is 0.924. The summed E-state index contributed by atoms with van der Waals surface area (Å²) in [4.78, 5) is 2.14. The Labute approximate surface area is 118 Å². The molecule has 0 radical (unpaired) electrons. The predicted molar refractivity (Wildman–Crippen MR) is 80.5 cm³/mol. The highest BCUT2D eigenvalue weighted by atomic mass is 79.9. The Bertz CT molecular complexity index is 409. The maximum Gasteiger partial charge on any atom is 0.0597 e. The standard InChI is InChI=1S/C14H21BrN2O/c1-10-8-12(6-7-18-10)16-13-9-11(15)4-5-14(13)17(2)3/h4-5,9-10,12,16H,6-8H2,1-3H3. The van der Waals surface area contributed by atoms with Crippen LogP contribution in [0.2, 0.25) is 0 Å². The second-order valence-corrected chi connectivity index (χ2v) is 6.02. The molecular formula is C14H21BrN2O. The van der Waals surface area contributed by atoms with Crippen molar-refractivity contribution in [3.05, 3.63) is 22.7 Å². The summed E-state index contributed by atoms with van der Waals surface area (Å²) in [7, 11) is 4.14. The number of rotatable bonds is 3. The van der Waals surface area contributed by atoms with Crippen LogP contribution < -0.4 is 10.2 Å². The van der Waals surface area contributed by atoms with Crippen LogP contribution in [0.3, 0.4) is 0 Å². The summed E-state index contributed by atoms with van der Waals surface area (Å²) in [6, 6.07) is 6.86. The summed E-state index contributed by atoms with van der Waals surface area (Å²) in [5.74, 6) is 0. The Kier molecular flexibility index (Phi) is 4.51. The summed E-state index contributed by atoms with van der Waals surface area (Å²) in [6.07, 6.45) is 2.49. The van der Waals surface area contributed by atoms with Gasteiger partial charge in [-0.2, -0.15) is 0 Å². The predicted octanol–water partition coefficient (Wildman–Crippen LogP) is 3.49. The Morgan fingerprint density at radius 3 is 2.83 bits per heavy atom. The molecule has 0 aromatic heterocycles. The average molecular weight is 313 g/mol. The van der Waals surface area contributed by atoms with Crippen LogP contribution in [0.1, 0.15) is 19.8 Å². The van der Waals surface area contributed by atoms with Gasteiger partial charge < -0.3 is 15.0 Å². The normalized spacial score (nSPS) is 23.8. The van der Waals surface area contributed by atoms with Crippen LogP contribution in [0.25, 0.3) is 0 Å². The summed E-state index contributed by atoms with van der Waals surface area (Å²) < 4.78 is 6.69. The van der Waals surface area contributed by atoms with Crippen LogP contribution in [-0.2, 0) is 4.74 Å². The fraction of sp³-hybridized carbons (Fsp3) is 0.571. The SMILES string of the molecule is CC1CC(Nc2cc(Br)ccc2N(C)C)CCO1. The van der Waals surface area contributed by atoms with Gasteiger partial charge in [0.25, 0.3) is 0 Å². The first-order valence-electron chi connectivity index (χ1n) is 6.41. The molecule has 0 spiro atoms. The van der Waals surface area contributed by atoms with Gasteiger partial charge in [0.1, 0.15) is 0 Å². The lowest BCUT2D eigenvalue weighted by molar-refractivity contribution is 0.0232. The molecule has 3 nitrogen and oxygen atoms in total. The van der Waals surface area contributed by atoms with Crippen LogP contribution in [-0.4, -0.2) is 32.8 Å². The first-order chi connectivity index (χ1) is 8.56. The lowest BCUT2D eigenvalue weighted by Crippen LogP contribution is -2.32. The zero-order chi connectivity index (χ0) is 13.1. The van der Waals surface area contributed by atoms with Gasteiger partial charge in [0.15, 0.2) is 0 Å². The molecule has 100 valence electrons. The maximum absolute atomic E-state index is 5.59. The van der Waals surface area contributed by atoms with Crippen LogP contribution in [0.4, 0.5) is 11.4 Å². The Balaban J connectivity index is 2.14. The van der Waals surface area contributed by atoms with E-state index in [-0.39, 0.29) is 0 Å². The average Bonchev–Trinajstić information content (AvgIpc) is 2.28. The molecule has 1 N–H and O–H groups in total. The monoisotopic (exact) mass is 312 g/mol. The molecule has 4 heteroatoms. The second-order valence-electron chi connectivity index (χ2n) is 5.10. The van der Waals surface area contributed by atoms with Gasteiger partial charge in [0.2, 0.25) is 0 Å². The second kappa shape index (κ2) is 5.93. The van der Waals surface area contributed by atoms with E-state index in [1.807, 2.05) is 0 Å². The number of nitrogens with zero attached hydrogens (tertiary/aromatic N) is 1. The Morgan fingerprint density at radius 2 is 2.17 bits per heavy atom. The molecule has 0 bridgehead atoms. The van der Waals surface area contributed by atoms with E-state index in [1.54, 1.807) is 0 Å². The minimum atomic E-state index is 0.353. The highest BCUT2D eigenvalue weighted by Crippen LogP contribution is 2.30. The highest BCUT2D eigenvalue weighted by molar-refractivity contribution is 9.10.